The molecule has 0 spiro atoms. The van der Waals surface area contributed by atoms with E-state index in [0.29, 0.717) is 11.5 Å². The predicted molar refractivity (Wildman–Crippen MR) is 65.7 cm³/mol. The van der Waals surface area contributed by atoms with Crippen LogP contribution in [0.25, 0.3) is 0 Å². The molecule has 0 radical (unpaired) electrons. The Labute approximate surface area is 101 Å². The van der Waals surface area contributed by atoms with Crippen molar-refractivity contribution >= 4 is 18.2 Å². The third-order valence-electron chi connectivity index (χ3n) is 2.63. The van der Waals surface area contributed by atoms with Gasteiger partial charge >= 0.3 is 0 Å². The number of rotatable bonds is 3. The fourth-order valence-electron chi connectivity index (χ4n) is 1.70. The molecular formula is C11H15ClN4. The average molecular weight is 239 g/mol. The van der Waals surface area contributed by atoms with Crippen LogP contribution in [0.5, 0.6) is 0 Å². The van der Waals surface area contributed by atoms with Gasteiger partial charge in [0.2, 0.25) is 0 Å². The summed E-state index contributed by atoms with van der Waals surface area (Å²) in [4.78, 5) is 4.16. The monoisotopic (exact) mass is 238 g/mol. The smallest absolute Gasteiger partial charge is 0.125 e. The van der Waals surface area contributed by atoms with E-state index < -0.39 is 0 Å². The molecule has 0 amide bonds. The maximum absolute atomic E-state index is 8.61. The third-order valence-corrected chi connectivity index (χ3v) is 2.63. The summed E-state index contributed by atoms with van der Waals surface area (Å²) in [7, 11) is 0. The molecule has 1 aromatic rings. The Kier molecular flexibility index (Phi) is 5.03. The molecular weight excluding hydrogens is 224 g/mol. The summed E-state index contributed by atoms with van der Waals surface area (Å²) >= 11 is 0. The minimum atomic E-state index is 0. The van der Waals surface area contributed by atoms with Gasteiger partial charge in [-0.2, -0.15) is 5.26 Å². The van der Waals surface area contributed by atoms with Crippen molar-refractivity contribution in [3.63, 3.8) is 0 Å². The molecule has 2 N–H and O–H groups in total. The van der Waals surface area contributed by atoms with E-state index in [1.54, 1.807) is 12.3 Å². The molecule has 2 heterocycles. The number of halogens is 1. The average Bonchev–Trinajstić information content (AvgIpc) is 2.80. The van der Waals surface area contributed by atoms with Crippen molar-refractivity contribution < 1.29 is 0 Å². The zero-order chi connectivity index (χ0) is 10.5. The van der Waals surface area contributed by atoms with Crippen molar-refractivity contribution in [2.24, 2.45) is 5.92 Å². The summed E-state index contributed by atoms with van der Waals surface area (Å²) in [6, 6.07) is 5.68. The Morgan fingerprint density at radius 1 is 1.56 bits per heavy atom. The Balaban J connectivity index is 0.00000128. The van der Waals surface area contributed by atoms with E-state index in [1.165, 1.54) is 6.42 Å². The molecule has 1 atom stereocenters. The van der Waals surface area contributed by atoms with E-state index in [9.17, 15) is 0 Å². The van der Waals surface area contributed by atoms with Gasteiger partial charge in [0, 0.05) is 12.7 Å². The molecule has 16 heavy (non-hydrogen) atoms. The lowest BCUT2D eigenvalue weighted by molar-refractivity contribution is 0.614. The van der Waals surface area contributed by atoms with Crippen molar-refractivity contribution in [1.82, 2.24) is 10.3 Å². The molecule has 1 aromatic heterocycles. The van der Waals surface area contributed by atoms with Crippen LogP contribution in [0.3, 0.4) is 0 Å². The highest BCUT2D eigenvalue weighted by Crippen LogP contribution is 2.09. The van der Waals surface area contributed by atoms with E-state index in [2.05, 4.69) is 21.7 Å². The van der Waals surface area contributed by atoms with Crippen LogP contribution in [0.4, 0.5) is 5.82 Å². The maximum Gasteiger partial charge on any atom is 0.125 e. The van der Waals surface area contributed by atoms with Gasteiger partial charge in [0.05, 0.1) is 5.56 Å². The number of nitriles is 1. The highest BCUT2D eigenvalue weighted by atomic mass is 35.5. The number of pyridine rings is 1. The maximum atomic E-state index is 8.61. The molecule has 1 aliphatic heterocycles. The van der Waals surface area contributed by atoms with Crippen molar-refractivity contribution in [2.45, 2.75) is 6.42 Å². The first-order valence-corrected chi connectivity index (χ1v) is 5.19. The van der Waals surface area contributed by atoms with Crippen molar-refractivity contribution in [2.75, 3.05) is 25.0 Å². The van der Waals surface area contributed by atoms with Gasteiger partial charge in [-0.05, 0) is 37.6 Å². The van der Waals surface area contributed by atoms with E-state index in [-0.39, 0.29) is 12.4 Å². The normalized spacial score (nSPS) is 18.6. The lowest BCUT2D eigenvalue weighted by Crippen LogP contribution is -2.17. The summed E-state index contributed by atoms with van der Waals surface area (Å²) in [5, 5.41) is 15.2. The number of nitrogens with zero attached hydrogens (tertiary/aromatic N) is 2. The summed E-state index contributed by atoms with van der Waals surface area (Å²) in [6.45, 7) is 3.16. The number of nitrogens with one attached hydrogen (secondary N) is 2. The fraction of sp³-hybridized carbons (Fsp3) is 0.455. The highest BCUT2D eigenvalue weighted by molar-refractivity contribution is 5.85. The van der Waals surface area contributed by atoms with Gasteiger partial charge in [0.1, 0.15) is 11.9 Å². The largest absolute Gasteiger partial charge is 0.370 e. The van der Waals surface area contributed by atoms with E-state index in [1.807, 2.05) is 6.07 Å². The number of aromatic nitrogens is 1. The van der Waals surface area contributed by atoms with Crippen LogP contribution in [-0.2, 0) is 0 Å². The van der Waals surface area contributed by atoms with Crippen LogP contribution in [0.2, 0.25) is 0 Å². The Hall–Kier alpha value is -1.31. The molecule has 2 rings (SSSR count). The van der Waals surface area contributed by atoms with Gasteiger partial charge in [-0.15, -0.1) is 12.4 Å². The van der Waals surface area contributed by atoms with Crippen LogP contribution in [-0.4, -0.2) is 24.6 Å². The summed E-state index contributed by atoms with van der Waals surface area (Å²) in [5.74, 6) is 1.54. The molecule has 0 aromatic carbocycles. The van der Waals surface area contributed by atoms with E-state index >= 15 is 0 Å². The minimum Gasteiger partial charge on any atom is -0.370 e. The van der Waals surface area contributed by atoms with Crippen molar-refractivity contribution in [1.29, 1.82) is 5.26 Å². The summed E-state index contributed by atoms with van der Waals surface area (Å²) in [6.07, 6.45) is 2.82. The van der Waals surface area contributed by atoms with Crippen molar-refractivity contribution in [3.8, 4) is 6.07 Å². The standard InChI is InChI=1S/C11H14N4.ClH/c12-5-9-1-2-11(14-7-9)15-8-10-3-4-13-6-10;/h1-2,7,10,13H,3-4,6,8H2,(H,14,15);1H. The second-order valence-corrected chi connectivity index (χ2v) is 3.78. The summed E-state index contributed by atoms with van der Waals surface area (Å²) < 4.78 is 0. The molecule has 0 aliphatic carbocycles. The van der Waals surface area contributed by atoms with Crippen LogP contribution < -0.4 is 10.6 Å². The Morgan fingerprint density at radius 2 is 2.44 bits per heavy atom. The second kappa shape index (κ2) is 6.31. The molecule has 86 valence electrons. The van der Waals surface area contributed by atoms with Crippen molar-refractivity contribution in [3.05, 3.63) is 23.9 Å². The predicted octanol–water partition coefficient (Wildman–Crippen LogP) is 1.40. The first-order valence-electron chi connectivity index (χ1n) is 5.19. The van der Waals surface area contributed by atoms with Crippen LogP contribution >= 0.6 is 12.4 Å². The molecule has 4 nitrogen and oxygen atoms in total. The van der Waals surface area contributed by atoms with E-state index in [4.69, 9.17) is 5.26 Å². The third kappa shape index (κ3) is 3.37. The van der Waals surface area contributed by atoms with Gasteiger partial charge in [0.15, 0.2) is 0 Å². The highest BCUT2D eigenvalue weighted by Gasteiger charge is 2.13. The molecule has 0 bridgehead atoms. The van der Waals surface area contributed by atoms with Gasteiger partial charge in [0.25, 0.3) is 0 Å². The number of anilines is 1. The lowest BCUT2D eigenvalue weighted by atomic mass is 10.1. The Bertz CT molecular complexity index is 351. The van der Waals surface area contributed by atoms with E-state index in [0.717, 1.165) is 25.5 Å². The first-order chi connectivity index (χ1) is 7.38. The minimum absolute atomic E-state index is 0. The SMILES string of the molecule is Cl.N#Cc1ccc(NCC2CCNC2)nc1. The molecule has 1 aliphatic rings. The van der Waals surface area contributed by atoms with Gasteiger partial charge in [-0.1, -0.05) is 0 Å². The molecule has 1 unspecified atom stereocenters. The van der Waals surface area contributed by atoms with Crippen LogP contribution in [0, 0.1) is 17.2 Å². The topological polar surface area (TPSA) is 60.7 Å². The zero-order valence-electron chi connectivity index (χ0n) is 8.94. The van der Waals surface area contributed by atoms with Gasteiger partial charge in [-0.25, -0.2) is 4.98 Å². The first kappa shape index (κ1) is 12.8. The lowest BCUT2D eigenvalue weighted by Gasteiger charge is -2.10. The molecule has 5 heteroatoms. The molecule has 0 saturated carbocycles. The number of hydrogen-bond donors (Lipinski definition) is 2. The second-order valence-electron chi connectivity index (χ2n) is 3.78. The Morgan fingerprint density at radius 3 is 3.00 bits per heavy atom. The van der Waals surface area contributed by atoms with Crippen LogP contribution in [0.15, 0.2) is 18.3 Å². The number of hydrogen-bond acceptors (Lipinski definition) is 4. The molecule has 1 fully saturated rings. The van der Waals surface area contributed by atoms with Crippen LogP contribution in [0.1, 0.15) is 12.0 Å². The molecule has 1 saturated heterocycles. The zero-order valence-corrected chi connectivity index (χ0v) is 9.76. The quantitative estimate of drug-likeness (QED) is 0.836. The summed E-state index contributed by atoms with van der Waals surface area (Å²) in [5.41, 5.74) is 0.600. The van der Waals surface area contributed by atoms with Gasteiger partial charge < -0.3 is 10.6 Å². The fourth-order valence-corrected chi connectivity index (χ4v) is 1.70. The van der Waals surface area contributed by atoms with Gasteiger partial charge in [-0.3, -0.25) is 0 Å².